The number of fused-ring (bicyclic) bond motifs is 1. The highest BCUT2D eigenvalue weighted by atomic mass is 16.3. The van der Waals surface area contributed by atoms with Crippen LogP contribution in [0.2, 0.25) is 0 Å². The third-order valence-corrected chi connectivity index (χ3v) is 3.35. The van der Waals surface area contributed by atoms with E-state index in [9.17, 15) is 0 Å². The first-order valence-electron chi connectivity index (χ1n) is 6.68. The molecule has 0 aliphatic rings. The fourth-order valence-corrected chi connectivity index (χ4v) is 2.44. The van der Waals surface area contributed by atoms with E-state index in [2.05, 4.69) is 9.30 Å². The van der Waals surface area contributed by atoms with Crippen LogP contribution in [0.25, 0.3) is 5.65 Å². The summed E-state index contributed by atoms with van der Waals surface area (Å²) in [6.07, 6.45) is 6.28. The largest absolute Gasteiger partial charge is 0.472 e. The Kier molecular flexibility index (Phi) is 3.43. The topological polar surface area (TPSA) is 59.7 Å². The number of aromatic nitrogens is 2. The zero-order valence-electron chi connectivity index (χ0n) is 11.5. The molecule has 0 atom stereocenters. The highest BCUT2D eigenvalue weighted by Crippen LogP contribution is 2.22. The molecule has 0 saturated carbocycles. The van der Waals surface area contributed by atoms with Crippen LogP contribution in [0.1, 0.15) is 11.3 Å². The number of anilines is 1. The Morgan fingerprint density at radius 3 is 3.00 bits per heavy atom. The molecule has 5 heteroatoms. The standard InChI is InChI=1S/C15H18N4O/c1-18(10-12-6-9-20-11-12)15-13(5-7-16)19-8-3-2-4-14(19)17-15/h2-4,6,8-9,11H,5,7,10,16H2,1H3. The van der Waals surface area contributed by atoms with Crippen LogP contribution in [0, 0.1) is 0 Å². The fourth-order valence-electron chi connectivity index (χ4n) is 2.44. The Morgan fingerprint density at radius 1 is 1.35 bits per heavy atom. The van der Waals surface area contributed by atoms with Crippen molar-refractivity contribution in [2.24, 2.45) is 5.73 Å². The number of nitrogens with two attached hydrogens (primary N) is 1. The van der Waals surface area contributed by atoms with Crippen molar-refractivity contribution in [3.05, 3.63) is 54.2 Å². The molecule has 3 aromatic heterocycles. The zero-order chi connectivity index (χ0) is 13.9. The molecule has 3 rings (SSSR count). The Hall–Kier alpha value is -2.27. The number of hydrogen-bond acceptors (Lipinski definition) is 4. The predicted molar refractivity (Wildman–Crippen MR) is 78.8 cm³/mol. The lowest BCUT2D eigenvalue weighted by atomic mass is 10.2. The molecule has 0 bridgehead atoms. The lowest BCUT2D eigenvalue weighted by molar-refractivity contribution is 0.563. The van der Waals surface area contributed by atoms with E-state index in [4.69, 9.17) is 15.1 Å². The average Bonchev–Trinajstić information content (AvgIpc) is 3.07. The summed E-state index contributed by atoms with van der Waals surface area (Å²) in [4.78, 5) is 6.84. The van der Waals surface area contributed by atoms with Crippen LogP contribution in [0.5, 0.6) is 0 Å². The SMILES string of the molecule is CN(Cc1ccoc1)c1nc2ccccn2c1CCN. The molecule has 20 heavy (non-hydrogen) atoms. The first-order valence-corrected chi connectivity index (χ1v) is 6.68. The monoisotopic (exact) mass is 270 g/mol. The summed E-state index contributed by atoms with van der Waals surface area (Å²) in [7, 11) is 2.04. The van der Waals surface area contributed by atoms with Gasteiger partial charge in [0.1, 0.15) is 5.65 Å². The van der Waals surface area contributed by atoms with Crippen LogP contribution in [0.3, 0.4) is 0 Å². The molecule has 0 aliphatic carbocycles. The molecule has 0 spiro atoms. The first-order chi connectivity index (χ1) is 9.79. The van der Waals surface area contributed by atoms with Crippen LogP contribution in [0.4, 0.5) is 5.82 Å². The molecule has 0 aromatic carbocycles. The molecule has 0 radical (unpaired) electrons. The maximum absolute atomic E-state index is 5.74. The lowest BCUT2D eigenvalue weighted by Gasteiger charge is -2.17. The fraction of sp³-hybridized carbons (Fsp3) is 0.267. The number of hydrogen-bond donors (Lipinski definition) is 1. The van der Waals surface area contributed by atoms with E-state index in [1.54, 1.807) is 12.5 Å². The van der Waals surface area contributed by atoms with Crippen molar-refractivity contribution in [3.8, 4) is 0 Å². The zero-order valence-corrected chi connectivity index (χ0v) is 11.5. The van der Waals surface area contributed by atoms with Gasteiger partial charge in [-0.05, 0) is 24.7 Å². The Bertz CT molecular complexity index is 687. The molecule has 0 unspecified atom stereocenters. The normalized spacial score (nSPS) is 11.1. The van der Waals surface area contributed by atoms with Gasteiger partial charge in [-0.1, -0.05) is 6.07 Å². The summed E-state index contributed by atoms with van der Waals surface area (Å²) in [6, 6.07) is 7.98. The first kappa shape index (κ1) is 12.7. The van der Waals surface area contributed by atoms with Crippen LogP contribution in [-0.2, 0) is 13.0 Å². The Labute approximate surface area is 117 Å². The third kappa shape index (κ3) is 2.28. The molecule has 0 fully saturated rings. The Balaban J connectivity index is 1.98. The van der Waals surface area contributed by atoms with Gasteiger partial charge < -0.3 is 19.5 Å². The summed E-state index contributed by atoms with van der Waals surface area (Å²) < 4.78 is 7.22. The summed E-state index contributed by atoms with van der Waals surface area (Å²) in [5, 5.41) is 0. The second kappa shape index (κ2) is 5.38. The van der Waals surface area contributed by atoms with E-state index in [1.807, 2.05) is 37.5 Å². The summed E-state index contributed by atoms with van der Waals surface area (Å²) in [6.45, 7) is 1.37. The smallest absolute Gasteiger partial charge is 0.151 e. The molecule has 104 valence electrons. The molecular weight excluding hydrogens is 252 g/mol. The quantitative estimate of drug-likeness (QED) is 0.771. The van der Waals surface area contributed by atoms with Crippen LogP contribution in [0.15, 0.2) is 47.4 Å². The van der Waals surface area contributed by atoms with Crippen molar-refractivity contribution in [2.45, 2.75) is 13.0 Å². The number of pyridine rings is 1. The van der Waals surface area contributed by atoms with Gasteiger partial charge in [0.15, 0.2) is 5.82 Å². The van der Waals surface area contributed by atoms with Crippen molar-refractivity contribution in [3.63, 3.8) is 0 Å². The highest BCUT2D eigenvalue weighted by molar-refractivity contribution is 5.55. The molecule has 0 saturated heterocycles. The van der Waals surface area contributed by atoms with Crippen molar-refractivity contribution in [1.82, 2.24) is 9.38 Å². The number of imidazole rings is 1. The second-order valence-electron chi connectivity index (χ2n) is 4.84. The Morgan fingerprint density at radius 2 is 2.25 bits per heavy atom. The highest BCUT2D eigenvalue weighted by Gasteiger charge is 2.15. The van der Waals surface area contributed by atoms with Gasteiger partial charge in [0, 0.05) is 31.8 Å². The molecule has 0 amide bonds. The van der Waals surface area contributed by atoms with Crippen molar-refractivity contribution in [1.29, 1.82) is 0 Å². The van der Waals surface area contributed by atoms with Gasteiger partial charge in [0.05, 0.1) is 18.2 Å². The van der Waals surface area contributed by atoms with Gasteiger partial charge in [-0.3, -0.25) is 0 Å². The molecule has 3 aromatic rings. The molecule has 5 nitrogen and oxygen atoms in total. The van der Waals surface area contributed by atoms with E-state index >= 15 is 0 Å². The van der Waals surface area contributed by atoms with Crippen molar-refractivity contribution in [2.75, 3.05) is 18.5 Å². The van der Waals surface area contributed by atoms with E-state index < -0.39 is 0 Å². The minimum absolute atomic E-state index is 0.606. The maximum atomic E-state index is 5.74. The van der Waals surface area contributed by atoms with E-state index in [0.717, 1.165) is 35.7 Å². The summed E-state index contributed by atoms with van der Waals surface area (Å²) in [5.41, 5.74) is 8.97. The lowest BCUT2D eigenvalue weighted by Crippen LogP contribution is -2.19. The van der Waals surface area contributed by atoms with Crippen LogP contribution < -0.4 is 10.6 Å². The van der Waals surface area contributed by atoms with Crippen LogP contribution >= 0.6 is 0 Å². The minimum Gasteiger partial charge on any atom is -0.472 e. The average molecular weight is 270 g/mol. The van der Waals surface area contributed by atoms with E-state index in [0.29, 0.717) is 6.54 Å². The number of rotatable bonds is 5. The van der Waals surface area contributed by atoms with Crippen LogP contribution in [-0.4, -0.2) is 23.0 Å². The second-order valence-corrected chi connectivity index (χ2v) is 4.84. The van der Waals surface area contributed by atoms with E-state index in [-0.39, 0.29) is 0 Å². The minimum atomic E-state index is 0.606. The molecule has 0 aliphatic heterocycles. The summed E-state index contributed by atoms with van der Waals surface area (Å²) in [5.74, 6) is 0.975. The van der Waals surface area contributed by atoms with Gasteiger partial charge in [0.25, 0.3) is 0 Å². The van der Waals surface area contributed by atoms with Gasteiger partial charge >= 0.3 is 0 Å². The van der Waals surface area contributed by atoms with Crippen molar-refractivity contribution < 1.29 is 4.42 Å². The van der Waals surface area contributed by atoms with Gasteiger partial charge in [-0.2, -0.15) is 0 Å². The summed E-state index contributed by atoms with van der Waals surface area (Å²) >= 11 is 0. The van der Waals surface area contributed by atoms with E-state index in [1.165, 1.54) is 0 Å². The van der Waals surface area contributed by atoms with Gasteiger partial charge in [-0.15, -0.1) is 0 Å². The van der Waals surface area contributed by atoms with Crippen molar-refractivity contribution >= 4 is 11.5 Å². The number of nitrogens with zero attached hydrogens (tertiary/aromatic N) is 3. The molecule has 2 N–H and O–H groups in total. The third-order valence-electron chi connectivity index (χ3n) is 3.35. The van der Waals surface area contributed by atoms with Gasteiger partial charge in [0.2, 0.25) is 0 Å². The van der Waals surface area contributed by atoms with Gasteiger partial charge in [-0.25, -0.2) is 4.98 Å². The predicted octanol–water partition coefficient (Wildman–Crippen LogP) is 2.06. The molecular formula is C15H18N4O. The maximum Gasteiger partial charge on any atom is 0.151 e. The molecule has 3 heterocycles. The number of furan rings is 1.